The molecular weight excluding hydrogens is 334 g/mol. The van der Waals surface area contributed by atoms with E-state index in [9.17, 15) is 9.00 Å². The maximum atomic E-state index is 13.0. The van der Waals surface area contributed by atoms with E-state index in [2.05, 4.69) is 6.07 Å². The molecule has 0 bridgehead atoms. The minimum absolute atomic E-state index is 0.0362. The highest BCUT2D eigenvalue weighted by Crippen LogP contribution is 2.34. The van der Waals surface area contributed by atoms with Gasteiger partial charge < -0.3 is 9.64 Å². The molecule has 0 spiro atoms. The lowest BCUT2D eigenvalue weighted by Crippen LogP contribution is -2.30. The SMILES string of the molecule is COc1cccc(C2CCCN2C(=O)c2cccc(CS(C)=O)c2)c1. The molecule has 3 rings (SSSR count). The molecule has 2 atom stereocenters. The predicted molar refractivity (Wildman–Crippen MR) is 100 cm³/mol. The minimum atomic E-state index is -0.919. The summed E-state index contributed by atoms with van der Waals surface area (Å²) in [5.74, 6) is 1.32. The van der Waals surface area contributed by atoms with Gasteiger partial charge in [-0.05, 0) is 48.2 Å². The Bertz CT molecular complexity index is 790. The average Bonchev–Trinajstić information content (AvgIpc) is 3.10. The van der Waals surface area contributed by atoms with E-state index in [1.165, 1.54) is 0 Å². The Morgan fingerprint density at radius 3 is 2.80 bits per heavy atom. The summed E-state index contributed by atoms with van der Waals surface area (Å²) in [6.07, 6.45) is 3.62. The van der Waals surface area contributed by atoms with Gasteiger partial charge in [-0.25, -0.2) is 0 Å². The number of rotatable bonds is 5. The number of likely N-dealkylation sites (tertiary alicyclic amines) is 1. The molecule has 1 amide bonds. The average molecular weight is 357 g/mol. The van der Waals surface area contributed by atoms with Crippen LogP contribution in [0.4, 0.5) is 0 Å². The molecule has 2 unspecified atom stereocenters. The molecule has 1 saturated heterocycles. The van der Waals surface area contributed by atoms with Gasteiger partial charge >= 0.3 is 0 Å². The minimum Gasteiger partial charge on any atom is -0.497 e. The third kappa shape index (κ3) is 4.10. The van der Waals surface area contributed by atoms with E-state index in [0.717, 1.165) is 36.3 Å². The highest BCUT2D eigenvalue weighted by molar-refractivity contribution is 7.83. The quantitative estimate of drug-likeness (QED) is 0.822. The van der Waals surface area contributed by atoms with Crippen molar-refractivity contribution in [2.24, 2.45) is 0 Å². The Labute approximate surface area is 151 Å². The zero-order valence-electron chi connectivity index (χ0n) is 14.6. The predicted octanol–water partition coefficient (Wildman–Crippen LogP) is 3.55. The first-order chi connectivity index (χ1) is 12.1. The van der Waals surface area contributed by atoms with Crippen molar-refractivity contribution in [1.29, 1.82) is 0 Å². The molecule has 1 heterocycles. The third-order valence-corrected chi connectivity index (χ3v) is 5.28. The molecule has 2 aromatic rings. The fourth-order valence-corrected chi connectivity index (χ4v) is 4.05. The van der Waals surface area contributed by atoms with E-state index in [0.29, 0.717) is 11.3 Å². The number of amides is 1. The van der Waals surface area contributed by atoms with Gasteiger partial charge in [0, 0.05) is 34.9 Å². The van der Waals surface area contributed by atoms with Crippen molar-refractivity contribution < 1.29 is 13.7 Å². The summed E-state index contributed by atoms with van der Waals surface area (Å²) >= 11 is 0. The molecule has 2 aromatic carbocycles. The van der Waals surface area contributed by atoms with Crippen LogP contribution in [0.25, 0.3) is 0 Å². The fraction of sp³-hybridized carbons (Fsp3) is 0.350. The van der Waals surface area contributed by atoms with Crippen LogP contribution in [0.1, 0.15) is 40.4 Å². The van der Waals surface area contributed by atoms with Gasteiger partial charge in [0.15, 0.2) is 0 Å². The number of nitrogens with zero attached hydrogens (tertiary/aromatic N) is 1. The van der Waals surface area contributed by atoms with E-state index in [-0.39, 0.29) is 11.9 Å². The zero-order chi connectivity index (χ0) is 17.8. The third-order valence-electron chi connectivity index (χ3n) is 4.54. The van der Waals surface area contributed by atoms with E-state index < -0.39 is 10.8 Å². The van der Waals surface area contributed by atoms with Crippen LogP contribution in [-0.4, -0.2) is 34.9 Å². The molecule has 0 N–H and O–H groups in total. The highest BCUT2D eigenvalue weighted by atomic mass is 32.2. The number of ether oxygens (including phenoxy) is 1. The number of carbonyl (C=O) groups is 1. The summed E-state index contributed by atoms with van der Waals surface area (Å²) in [5, 5.41) is 0. The van der Waals surface area contributed by atoms with Crippen molar-refractivity contribution in [2.45, 2.75) is 24.6 Å². The van der Waals surface area contributed by atoms with Crippen molar-refractivity contribution in [3.63, 3.8) is 0 Å². The van der Waals surface area contributed by atoms with Gasteiger partial charge in [0.1, 0.15) is 5.75 Å². The smallest absolute Gasteiger partial charge is 0.254 e. The van der Waals surface area contributed by atoms with Crippen molar-refractivity contribution in [2.75, 3.05) is 19.9 Å². The number of methoxy groups -OCH3 is 1. The normalized spacial score (nSPS) is 18.2. The van der Waals surface area contributed by atoms with Crippen molar-refractivity contribution in [3.8, 4) is 5.75 Å². The molecule has 1 aliphatic heterocycles. The first-order valence-corrected chi connectivity index (χ1v) is 10.1. The largest absolute Gasteiger partial charge is 0.497 e. The Hall–Kier alpha value is -2.14. The molecule has 0 aromatic heterocycles. The lowest BCUT2D eigenvalue weighted by molar-refractivity contribution is 0.0735. The molecule has 1 fully saturated rings. The second kappa shape index (κ2) is 7.83. The van der Waals surface area contributed by atoms with Crippen LogP contribution in [-0.2, 0) is 16.6 Å². The maximum Gasteiger partial charge on any atom is 0.254 e. The monoisotopic (exact) mass is 357 g/mol. The van der Waals surface area contributed by atoms with Gasteiger partial charge in [-0.1, -0.05) is 24.3 Å². The lowest BCUT2D eigenvalue weighted by Gasteiger charge is -2.25. The molecule has 0 saturated carbocycles. The van der Waals surface area contributed by atoms with E-state index in [1.54, 1.807) is 13.4 Å². The van der Waals surface area contributed by atoms with Crippen molar-refractivity contribution >= 4 is 16.7 Å². The van der Waals surface area contributed by atoms with Crippen molar-refractivity contribution in [1.82, 2.24) is 4.90 Å². The van der Waals surface area contributed by atoms with Gasteiger partial charge in [-0.2, -0.15) is 0 Å². The number of hydrogen-bond donors (Lipinski definition) is 0. The Balaban J connectivity index is 1.84. The van der Waals surface area contributed by atoms with Crippen LogP contribution in [0.2, 0.25) is 0 Å². The van der Waals surface area contributed by atoms with Gasteiger partial charge in [-0.3, -0.25) is 9.00 Å². The molecule has 25 heavy (non-hydrogen) atoms. The molecule has 0 radical (unpaired) electrons. The van der Waals surface area contributed by atoms with Gasteiger partial charge in [0.25, 0.3) is 5.91 Å². The highest BCUT2D eigenvalue weighted by Gasteiger charge is 2.30. The Morgan fingerprint density at radius 2 is 2.04 bits per heavy atom. The van der Waals surface area contributed by atoms with Crippen molar-refractivity contribution in [3.05, 3.63) is 65.2 Å². The summed E-state index contributed by atoms with van der Waals surface area (Å²) in [6.45, 7) is 0.755. The number of hydrogen-bond acceptors (Lipinski definition) is 3. The fourth-order valence-electron chi connectivity index (χ4n) is 3.40. The Kier molecular flexibility index (Phi) is 5.53. The van der Waals surface area contributed by atoms with E-state index in [1.807, 2.05) is 47.4 Å². The number of carbonyl (C=O) groups excluding carboxylic acids is 1. The molecule has 132 valence electrons. The van der Waals surface area contributed by atoms with E-state index in [4.69, 9.17) is 4.74 Å². The van der Waals surface area contributed by atoms with Crippen LogP contribution >= 0.6 is 0 Å². The first kappa shape index (κ1) is 17.7. The topological polar surface area (TPSA) is 46.6 Å². The summed E-state index contributed by atoms with van der Waals surface area (Å²) in [6, 6.07) is 15.5. The second-order valence-corrected chi connectivity index (χ2v) is 7.79. The van der Waals surface area contributed by atoms with E-state index >= 15 is 0 Å². The van der Waals surface area contributed by atoms with Gasteiger partial charge in [-0.15, -0.1) is 0 Å². The summed E-state index contributed by atoms with van der Waals surface area (Å²) in [7, 11) is 0.733. The standard InChI is InChI=1S/C20H23NO3S/c1-24-18-9-4-7-16(13-18)19-10-5-11-21(19)20(22)17-8-3-6-15(12-17)14-25(2)23/h3-4,6-9,12-13,19H,5,10-11,14H2,1-2H3. The second-order valence-electron chi connectivity index (χ2n) is 6.35. The van der Waals surface area contributed by atoms with Crippen LogP contribution in [0.5, 0.6) is 5.75 Å². The molecule has 4 nitrogen and oxygen atoms in total. The van der Waals surface area contributed by atoms with Crippen LogP contribution < -0.4 is 4.74 Å². The van der Waals surface area contributed by atoms with Crippen LogP contribution in [0.15, 0.2) is 48.5 Å². The number of benzene rings is 2. The molecule has 1 aliphatic rings. The van der Waals surface area contributed by atoms with Gasteiger partial charge in [0.2, 0.25) is 0 Å². The molecule has 5 heteroatoms. The Morgan fingerprint density at radius 1 is 1.24 bits per heavy atom. The van der Waals surface area contributed by atoms with Crippen LogP contribution in [0, 0.1) is 0 Å². The van der Waals surface area contributed by atoms with Crippen LogP contribution in [0.3, 0.4) is 0 Å². The summed E-state index contributed by atoms with van der Waals surface area (Å²) in [4.78, 5) is 15.0. The summed E-state index contributed by atoms with van der Waals surface area (Å²) < 4.78 is 16.8. The molecule has 0 aliphatic carbocycles. The summed E-state index contributed by atoms with van der Waals surface area (Å²) in [5.41, 5.74) is 2.71. The zero-order valence-corrected chi connectivity index (χ0v) is 15.4. The molecular formula is C20H23NO3S. The maximum absolute atomic E-state index is 13.0. The first-order valence-electron chi connectivity index (χ1n) is 8.42. The lowest BCUT2D eigenvalue weighted by atomic mass is 10.0. The van der Waals surface area contributed by atoms with Gasteiger partial charge in [0.05, 0.1) is 13.2 Å².